The van der Waals surface area contributed by atoms with Crippen molar-refractivity contribution in [2.75, 3.05) is 7.05 Å². The molecule has 0 bridgehead atoms. The van der Waals surface area contributed by atoms with Crippen LogP contribution in [-0.4, -0.2) is 48.9 Å². The Morgan fingerprint density at radius 1 is 1.45 bits per heavy atom. The van der Waals surface area contributed by atoms with Gasteiger partial charge in [0.25, 0.3) is 0 Å². The number of amides is 1. The molecule has 0 radical (unpaired) electrons. The van der Waals surface area contributed by atoms with Gasteiger partial charge in [-0.2, -0.15) is 0 Å². The Hall–Kier alpha value is -2.77. The third-order valence-electron chi connectivity index (χ3n) is 2.62. The molecule has 0 aliphatic heterocycles. The maximum absolute atomic E-state index is 12.0. The van der Waals surface area contributed by atoms with Crippen LogP contribution in [0.2, 0.25) is 0 Å². The first kappa shape index (κ1) is 13.7. The molecule has 8 heteroatoms. The van der Waals surface area contributed by atoms with Crippen LogP contribution in [0.15, 0.2) is 30.7 Å². The van der Waals surface area contributed by atoms with E-state index in [1.807, 2.05) is 6.07 Å². The second-order valence-electron chi connectivity index (χ2n) is 4.22. The topological polar surface area (TPSA) is 101 Å². The second-order valence-corrected chi connectivity index (χ2v) is 4.22. The lowest BCUT2D eigenvalue weighted by atomic mass is 10.2. The van der Waals surface area contributed by atoms with E-state index in [2.05, 4.69) is 15.3 Å². The molecule has 2 aromatic heterocycles. The third kappa shape index (κ3) is 3.37. The van der Waals surface area contributed by atoms with Gasteiger partial charge in [-0.15, -0.1) is 5.10 Å². The molecule has 8 nitrogen and oxygen atoms in total. The molecular formula is C12H13N5O3. The number of carboxylic acid groups (broad SMARTS) is 1. The van der Waals surface area contributed by atoms with Gasteiger partial charge in [0, 0.05) is 26.0 Å². The number of carboxylic acids is 1. The third-order valence-corrected chi connectivity index (χ3v) is 2.62. The molecule has 2 rings (SSSR count). The Balaban J connectivity index is 1.95. The van der Waals surface area contributed by atoms with E-state index in [0.717, 1.165) is 5.56 Å². The number of pyridine rings is 1. The molecule has 0 aliphatic carbocycles. The van der Waals surface area contributed by atoms with E-state index < -0.39 is 5.97 Å². The molecule has 1 amide bonds. The van der Waals surface area contributed by atoms with Crippen molar-refractivity contribution < 1.29 is 14.7 Å². The van der Waals surface area contributed by atoms with Crippen molar-refractivity contribution in [3.8, 4) is 0 Å². The maximum Gasteiger partial charge on any atom is 0.358 e. The van der Waals surface area contributed by atoms with Gasteiger partial charge in [-0.1, -0.05) is 11.3 Å². The molecule has 0 fully saturated rings. The number of carbonyl (C=O) groups is 2. The lowest BCUT2D eigenvalue weighted by molar-refractivity contribution is -0.131. The predicted octanol–water partition coefficient (Wildman–Crippen LogP) is 0.0299. The van der Waals surface area contributed by atoms with Crippen LogP contribution in [0.3, 0.4) is 0 Å². The first-order chi connectivity index (χ1) is 9.56. The number of hydrogen-bond donors (Lipinski definition) is 1. The molecule has 0 unspecified atom stereocenters. The van der Waals surface area contributed by atoms with Crippen LogP contribution in [0.5, 0.6) is 0 Å². The van der Waals surface area contributed by atoms with Crippen molar-refractivity contribution >= 4 is 11.9 Å². The van der Waals surface area contributed by atoms with Gasteiger partial charge in [-0.3, -0.25) is 9.78 Å². The largest absolute Gasteiger partial charge is 0.476 e. The first-order valence-electron chi connectivity index (χ1n) is 5.82. The fraction of sp³-hybridized carbons (Fsp3) is 0.250. The van der Waals surface area contributed by atoms with Crippen molar-refractivity contribution in [1.29, 1.82) is 0 Å². The summed E-state index contributed by atoms with van der Waals surface area (Å²) in [5.74, 6) is -1.37. The molecule has 1 N–H and O–H groups in total. The molecule has 2 heterocycles. The minimum atomic E-state index is -1.17. The SMILES string of the molecule is CN(Cc1cccnc1)C(=O)Cn1cc(C(=O)O)nn1. The Labute approximate surface area is 114 Å². The zero-order valence-corrected chi connectivity index (χ0v) is 10.8. The number of carbonyl (C=O) groups excluding carboxylic acids is 1. The number of aromatic carboxylic acids is 1. The van der Waals surface area contributed by atoms with Crippen LogP contribution >= 0.6 is 0 Å². The van der Waals surface area contributed by atoms with E-state index in [0.29, 0.717) is 6.54 Å². The maximum atomic E-state index is 12.0. The van der Waals surface area contributed by atoms with Crippen molar-refractivity contribution in [3.05, 3.63) is 42.0 Å². The Morgan fingerprint density at radius 3 is 2.85 bits per heavy atom. The number of likely N-dealkylation sites (N-methyl/N-ethyl adjacent to an activating group) is 1. The molecule has 0 spiro atoms. The van der Waals surface area contributed by atoms with E-state index in [9.17, 15) is 9.59 Å². The van der Waals surface area contributed by atoms with Gasteiger partial charge >= 0.3 is 5.97 Å². The average molecular weight is 275 g/mol. The molecule has 0 saturated heterocycles. The second kappa shape index (κ2) is 5.91. The molecular weight excluding hydrogens is 262 g/mol. The number of hydrogen-bond acceptors (Lipinski definition) is 5. The van der Waals surface area contributed by atoms with Crippen molar-refractivity contribution in [2.45, 2.75) is 13.1 Å². The zero-order chi connectivity index (χ0) is 14.5. The van der Waals surface area contributed by atoms with Gasteiger partial charge in [0.15, 0.2) is 5.69 Å². The summed E-state index contributed by atoms with van der Waals surface area (Å²) in [6.45, 7) is 0.365. The summed E-state index contributed by atoms with van der Waals surface area (Å²) in [5.41, 5.74) is 0.723. The quantitative estimate of drug-likeness (QED) is 0.826. The molecule has 2 aromatic rings. The van der Waals surface area contributed by atoms with Crippen LogP contribution in [0.25, 0.3) is 0 Å². The van der Waals surface area contributed by atoms with Crippen LogP contribution in [0.4, 0.5) is 0 Å². The lowest BCUT2D eigenvalue weighted by Crippen LogP contribution is -2.30. The van der Waals surface area contributed by atoms with E-state index >= 15 is 0 Å². The van der Waals surface area contributed by atoms with E-state index in [1.165, 1.54) is 15.8 Å². The van der Waals surface area contributed by atoms with Crippen molar-refractivity contribution in [1.82, 2.24) is 24.9 Å². The van der Waals surface area contributed by atoms with Crippen LogP contribution in [0, 0.1) is 0 Å². The summed E-state index contributed by atoms with van der Waals surface area (Å²) in [5, 5.41) is 15.8. The summed E-state index contributed by atoms with van der Waals surface area (Å²) >= 11 is 0. The van der Waals surface area contributed by atoms with Crippen molar-refractivity contribution in [2.24, 2.45) is 0 Å². The standard InChI is InChI=1S/C12H13N5O3/c1-16(6-9-3-2-4-13-5-9)11(18)8-17-7-10(12(19)20)14-15-17/h2-5,7H,6,8H2,1H3,(H,19,20). The first-order valence-corrected chi connectivity index (χ1v) is 5.82. The number of nitrogens with zero attached hydrogens (tertiary/aromatic N) is 5. The Morgan fingerprint density at radius 2 is 2.25 bits per heavy atom. The Kier molecular flexibility index (Phi) is 4.04. The average Bonchev–Trinajstić information content (AvgIpc) is 2.88. The van der Waals surface area contributed by atoms with Gasteiger partial charge < -0.3 is 10.0 Å². The fourth-order valence-corrected chi connectivity index (χ4v) is 1.59. The van der Waals surface area contributed by atoms with Crippen LogP contribution in [-0.2, 0) is 17.9 Å². The summed E-state index contributed by atoms with van der Waals surface area (Å²) in [6.07, 6.45) is 4.56. The highest BCUT2D eigenvalue weighted by Gasteiger charge is 2.13. The smallest absolute Gasteiger partial charge is 0.358 e. The van der Waals surface area contributed by atoms with Crippen LogP contribution in [0.1, 0.15) is 16.1 Å². The highest BCUT2D eigenvalue weighted by atomic mass is 16.4. The highest BCUT2D eigenvalue weighted by molar-refractivity contribution is 5.84. The summed E-state index contributed by atoms with van der Waals surface area (Å²) in [4.78, 5) is 28.1. The summed E-state index contributed by atoms with van der Waals surface area (Å²) in [7, 11) is 1.66. The van der Waals surface area contributed by atoms with Crippen molar-refractivity contribution in [3.63, 3.8) is 0 Å². The monoisotopic (exact) mass is 275 g/mol. The molecule has 104 valence electrons. The zero-order valence-electron chi connectivity index (χ0n) is 10.8. The predicted molar refractivity (Wildman–Crippen MR) is 67.7 cm³/mol. The minimum Gasteiger partial charge on any atom is -0.476 e. The molecule has 0 atom stereocenters. The van der Waals surface area contributed by atoms with E-state index in [-0.39, 0.29) is 18.1 Å². The minimum absolute atomic E-state index is 0.0585. The normalized spacial score (nSPS) is 10.2. The van der Waals surface area contributed by atoms with E-state index in [4.69, 9.17) is 5.11 Å². The van der Waals surface area contributed by atoms with Crippen LogP contribution < -0.4 is 0 Å². The Bertz CT molecular complexity index is 611. The van der Waals surface area contributed by atoms with Gasteiger partial charge in [0.2, 0.25) is 5.91 Å². The lowest BCUT2D eigenvalue weighted by Gasteiger charge is -2.16. The number of rotatable bonds is 5. The molecule has 0 aromatic carbocycles. The fourth-order valence-electron chi connectivity index (χ4n) is 1.59. The number of aromatic nitrogens is 4. The molecule has 0 saturated carbocycles. The molecule has 20 heavy (non-hydrogen) atoms. The van der Waals surface area contributed by atoms with E-state index in [1.54, 1.807) is 25.5 Å². The molecule has 0 aliphatic rings. The summed E-state index contributed by atoms with van der Waals surface area (Å²) in [6, 6.07) is 3.67. The highest BCUT2D eigenvalue weighted by Crippen LogP contribution is 2.02. The van der Waals surface area contributed by atoms with Gasteiger partial charge in [0.1, 0.15) is 6.54 Å². The van der Waals surface area contributed by atoms with Gasteiger partial charge in [-0.25, -0.2) is 9.48 Å². The summed E-state index contributed by atoms with van der Waals surface area (Å²) < 4.78 is 1.20. The van der Waals surface area contributed by atoms with Gasteiger partial charge in [0.05, 0.1) is 6.20 Å². The van der Waals surface area contributed by atoms with Gasteiger partial charge in [-0.05, 0) is 11.6 Å².